The molecule has 2 heterocycles. The fourth-order valence-corrected chi connectivity index (χ4v) is 2.79. The monoisotopic (exact) mass is 304 g/mol. The summed E-state index contributed by atoms with van der Waals surface area (Å²) >= 11 is 0. The first-order chi connectivity index (χ1) is 10.5. The predicted molar refractivity (Wildman–Crippen MR) is 76.0 cm³/mol. The molecule has 8 nitrogen and oxygen atoms in total. The number of amides is 3. The average Bonchev–Trinajstić information content (AvgIpc) is 2.96. The smallest absolute Gasteiger partial charge is 0.266 e. The van der Waals surface area contributed by atoms with Gasteiger partial charge in [0.25, 0.3) is 5.91 Å². The molecule has 116 valence electrons. The molecule has 3 N–H and O–H groups in total. The maximum absolute atomic E-state index is 12.6. The summed E-state index contributed by atoms with van der Waals surface area (Å²) in [6, 6.07) is 8.63. The normalized spacial score (nSPS) is 28.1. The molecule has 3 rings (SSSR count). The topological polar surface area (TPSA) is 105 Å². The van der Waals surface area contributed by atoms with E-state index in [1.807, 2.05) is 0 Å². The van der Waals surface area contributed by atoms with Crippen LogP contribution in [0.2, 0.25) is 0 Å². The van der Waals surface area contributed by atoms with Gasteiger partial charge < -0.3 is 11.1 Å². The number of carbonyl (C=O) groups excluding carboxylic acids is 3. The van der Waals surface area contributed by atoms with Gasteiger partial charge >= 0.3 is 0 Å². The number of hydrogen-bond acceptors (Lipinski definition) is 6. The lowest BCUT2D eigenvalue weighted by molar-refractivity contribution is -0.163. The Labute approximate surface area is 126 Å². The zero-order chi connectivity index (χ0) is 15.9. The number of benzene rings is 1. The van der Waals surface area contributed by atoms with E-state index in [2.05, 4.69) is 5.32 Å². The summed E-state index contributed by atoms with van der Waals surface area (Å²) in [4.78, 5) is 43.2. The van der Waals surface area contributed by atoms with Gasteiger partial charge in [0, 0.05) is 7.05 Å². The SMILES string of the molecule is CN1O[C@H]2C(=O)N(c3ccccc3)C(=O)[C@H]2[C@H]1NC(=O)CN. The Morgan fingerprint density at radius 3 is 2.59 bits per heavy atom. The Kier molecular flexibility index (Phi) is 3.65. The van der Waals surface area contributed by atoms with Gasteiger partial charge in [-0.05, 0) is 12.1 Å². The van der Waals surface area contributed by atoms with Crippen LogP contribution in [0.15, 0.2) is 30.3 Å². The first kappa shape index (κ1) is 14.6. The van der Waals surface area contributed by atoms with E-state index in [4.69, 9.17) is 10.6 Å². The maximum Gasteiger partial charge on any atom is 0.266 e. The Morgan fingerprint density at radius 1 is 1.27 bits per heavy atom. The van der Waals surface area contributed by atoms with Crippen LogP contribution in [0.5, 0.6) is 0 Å². The van der Waals surface area contributed by atoms with Crippen LogP contribution in [0.4, 0.5) is 5.69 Å². The van der Waals surface area contributed by atoms with Crippen LogP contribution in [-0.4, -0.2) is 48.6 Å². The van der Waals surface area contributed by atoms with Crippen molar-refractivity contribution in [2.24, 2.45) is 11.7 Å². The van der Waals surface area contributed by atoms with E-state index in [0.29, 0.717) is 5.69 Å². The minimum atomic E-state index is -0.930. The van der Waals surface area contributed by atoms with E-state index < -0.39 is 35.9 Å². The summed E-state index contributed by atoms with van der Waals surface area (Å²) in [6.07, 6.45) is -1.65. The van der Waals surface area contributed by atoms with Crippen LogP contribution in [0.3, 0.4) is 0 Å². The molecular weight excluding hydrogens is 288 g/mol. The minimum absolute atomic E-state index is 0.202. The van der Waals surface area contributed by atoms with Gasteiger partial charge in [-0.3, -0.25) is 19.2 Å². The van der Waals surface area contributed by atoms with E-state index in [0.717, 1.165) is 4.90 Å². The van der Waals surface area contributed by atoms with Crippen LogP contribution in [-0.2, 0) is 19.2 Å². The molecule has 3 amide bonds. The first-order valence-corrected chi connectivity index (χ1v) is 6.86. The van der Waals surface area contributed by atoms with Gasteiger partial charge in [0.15, 0.2) is 6.10 Å². The minimum Gasteiger partial charge on any atom is -0.337 e. The second kappa shape index (κ2) is 5.48. The van der Waals surface area contributed by atoms with Crippen molar-refractivity contribution in [1.82, 2.24) is 10.4 Å². The van der Waals surface area contributed by atoms with Crippen LogP contribution < -0.4 is 16.0 Å². The Balaban J connectivity index is 1.89. The summed E-state index contributed by atoms with van der Waals surface area (Å²) in [5.41, 5.74) is 5.77. The molecule has 2 aliphatic rings. The van der Waals surface area contributed by atoms with Crippen molar-refractivity contribution >= 4 is 23.4 Å². The van der Waals surface area contributed by atoms with Crippen LogP contribution in [0.25, 0.3) is 0 Å². The highest BCUT2D eigenvalue weighted by Crippen LogP contribution is 2.36. The van der Waals surface area contributed by atoms with Crippen LogP contribution in [0.1, 0.15) is 0 Å². The van der Waals surface area contributed by atoms with Crippen molar-refractivity contribution in [2.75, 3.05) is 18.5 Å². The molecule has 1 aromatic rings. The van der Waals surface area contributed by atoms with E-state index in [1.165, 1.54) is 5.06 Å². The number of nitrogens with two attached hydrogens (primary N) is 1. The molecule has 0 radical (unpaired) electrons. The second-order valence-corrected chi connectivity index (χ2v) is 5.16. The standard InChI is InChI=1S/C14H16N4O4/c1-17-12(16-9(19)7-15)10-11(22-17)14(21)18(13(10)20)8-5-3-2-4-6-8/h2-6,10-12H,7,15H2,1H3,(H,16,19)/t10-,11-,12+/m1/s1. The number of carbonyl (C=O) groups is 3. The number of imide groups is 1. The van der Waals surface area contributed by atoms with E-state index in [9.17, 15) is 14.4 Å². The lowest BCUT2D eigenvalue weighted by Crippen LogP contribution is -2.50. The zero-order valence-electron chi connectivity index (χ0n) is 11.9. The van der Waals surface area contributed by atoms with Gasteiger partial charge in [-0.1, -0.05) is 18.2 Å². The molecule has 2 fully saturated rings. The van der Waals surface area contributed by atoms with Gasteiger partial charge in [-0.25, -0.2) is 4.90 Å². The average molecular weight is 304 g/mol. The Morgan fingerprint density at radius 2 is 1.95 bits per heavy atom. The molecule has 0 unspecified atom stereocenters. The zero-order valence-corrected chi connectivity index (χ0v) is 11.9. The van der Waals surface area contributed by atoms with Gasteiger partial charge in [0.05, 0.1) is 12.2 Å². The van der Waals surface area contributed by atoms with Crippen molar-refractivity contribution in [3.63, 3.8) is 0 Å². The van der Waals surface area contributed by atoms with Crippen molar-refractivity contribution in [3.8, 4) is 0 Å². The number of fused-ring (bicyclic) bond motifs is 1. The molecular formula is C14H16N4O4. The number of nitrogens with zero attached hydrogens (tertiary/aromatic N) is 2. The van der Waals surface area contributed by atoms with E-state index in [1.54, 1.807) is 37.4 Å². The molecule has 8 heteroatoms. The molecule has 2 saturated heterocycles. The number of anilines is 1. The highest BCUT2D eigenvalue weighted by atomic mass is 16.7. The Hall–Kier alpha value is -2.29. The molecule has 0 aromatic heterocycles. The molecule has 22 heavy (non-hydrogen) atoms. The van der Waals surface area contributed by atoms with Crippen molar-refractivity contribution < 1.29 is 19.2 Å². The summed E-state index contributed by atoms with van der Waals surface area (Å²) in [5.74, 6) is -2.03. The fourth-order valence-electron chi connectivity index (χ4n) is 2.79. The summed E-state index contributed by atoms with van der Waals surface area (Å²) in [7, 11) is 1.56. The molecule has 0 bridgehead atoms. The van der Waals surface area contributed by atoms with Crippen LogP contribution in [0, 0.1) is 5.92 Å². The van der Waals surface area contributed by atoms with Gasteiger partial charge in [-0.15, -0.1) is 0 Å². The third-order valence-electron chi connectivity index (χ3n) is 3.82. The lowest BCUT2D eigenvalue weighted by atomic mass is 10.0. The third-order valence-corrected chi connectivity index (χ3v) is 3.82. The van der Waals surface area contributed by atoms with Gasteiger partial charge in [0.2, 0.25) is 11.8 Å². The molecule has 3 atom stereocenters. The van der Waals surface area contributed by atoms with Gasteiger partial charge in [0.1, 0.15) is 12.1 Å². The maximum atomic E-state index is 12.6. The molecule has 0 saturated carbocycles. The number of hydroxylamine groups is 2. The van der Waals surface area contributed by atoms with Crippen LogP contribution >= 0.6 is 0 Å². The number of rotatable bonds is 3. The Bertz CT molecular complexity index is 621. The molecule has 2 aliphatic heterocycles. The van der Waals surface area contributed by atoms with E-state index >= 15 is 0 Å². The highest BCUT2D eigenvalue weighted by molar-refractivity contribution is 6.23. The summed E-state index contributed by atoms with van der Waals surface area (Å²) in [6.45, 7) is -0.202. The largest absolute Gasteiger partial charge is 0.337 e. The van der Waals surface area contributed by atoms with E-state index in [-0.39, 0.29) is 6.54 Å². The molecule has 0 spiro atoms. The predicted octanol–water partition coefficient (Wildman–Crippen LogP) is -1.18. The number of nitrogens with one attached hydrogen (secondary N) is 1. The summed E-state index contributed by atoms with van der Waals surface area (Å²) < 4.78 is 0. The van der Waals surface area contributed by atoms with Crippen molar-refractivity contribution in [2.45, 2.75) is 12.3 Å². The van der Waals surface area contributed by atoms with Crippen molar-refractivity contribution in [1.29, 1.82) is 0 Å². The number of hydrogen-bond donors (Lipinski definition) is 2. The second-order valence-electron chi connectivity index (χ2n) is 5.16. The highest BCUT2D eigenvalue weighted by Gasteiger charge is 2.59. The lowest BCUT2D eigenvalue weighted by Gasteiger charge is -2.24. The third kappa shape index (κ3) is 2.17. The first-order valence-electron chi connectivity index (χ1n) is 6.86. The molecule has 1 aromatic carbocycles. The van der Waals surface area contributed by atoms with Gasteiger partial charge in [-0.2, -0.15) is 5.06 Å². The van der Waals surface area contributed by atoms with Crippen molar-refractivity contribution in [3.05, 3.63) is 30.3 Å². The quantitative estimate of drug-likeness (QED) is 0.681. The summed E-state index contributed by atoms with van der Waals surface area (Å²) in [5, 5.41) is 3.93. The molecule has 0 aliphatic carbocycles. The fraction of sp³-hybridized carbons (Fsp3) is 0.357. The number of para-hydroxylation sites is 1.